The van der Waals surface area contributed by atoms with Gasteiger partial charge in [-0.3, -0.25) is 9.59 Å². The molecular weight excluding hydrogens is 300 g/mol. The first kappa shape index (κ1) is 15.7. The van der Waals surface area contributed by atoms with E-state index in [4.69, 9.17) is 0 Å². The van der Waals surface area contributed by atoms with Gasteiger partial charge in [0.25, 0.3) is 0 Å². The minimum absolute atomic E-state index is 0.198. The van der Waals surface area contributed by atoms with E-state index in [1.54, 1.807) is 0 Å². The third kappa shape index (κ3) is 3.06. The molecule has 0 radical (unpaired) electrons. The normalized spacial score (nSPS) is 20.7. The second-order valence-corrected chi connectivity index (χ2v) is 7.47. The van der Waals surface area contributed by atoms with Gasteiger partial charge in [-0.1, -0.05) is 24.6 Å². The van der Waals surface area contributed by atoms with Gasteiger partial charge < -0.3 is 9.80 Å². The number of hydrogen-bond donors (Lipinski definition) is 0. The highest BCUT2D eigenvalue weighted by molar-refractivity contribution is 5.81. The first-order valence-electron chi connectivity index (χ1n) is 9.38. The summed E-state index contributed by atoms with van der Waals surface area (Å²) >= 11 is 0. The van der Waals surface area contributed by atoms with Crippen molar-refractivity contribution in [3.63, 3.8) is 0 Å². The molecule has 0 aromatic heterocycles. The second-order valence-electron chi connectivity index (χ2n) is 7.47. The van der Waals surface area contributed by atoms with E-state index in [0.29, 0.717) is 38.5 Å². The van der Waals surface area contributed by atoms with Crippen LogP contribution in [0.5, 0.6) is 0 Å². The lowest BCUT2D eigenvalue weighted by Crippen LogP contribution is -2.52. The molecule has 4 heteroatoms. The Morgan fingerprint density at radius 2 is 1.62 bits per heavy atom. The summed E-state index contributed by atoms with van der Waals surface area (Å²) < 4.78 is 0. The third-order valence-corrected chi connectivity index (χ3v) is 5.92. The highest BCUT2D eigenvalue weighted by atomic mass is 16.2. The molecular formula is C20H26N2O2. The molecule has 2 aliphatic carbocycles. The molecule has 128 valence electrons. The molecule has 0 unspecified atom stereocenters. The van der Waals surface area contributed by atoms with Crippen molar-refractivity contribution >= 4 is 11.8 Å². The quantitative estimate of drug-likeness (QED) is 0.854. The minimum atomic E-state index is 0.198. The van der Waals surface area contributed by atoms with Crippen LogP contribution in [-0.2, 0) is 28.9 Å². The summed E-state index contributed by atoms with van der Waals surface area (Å²) in [6, 6.07) is 6.52. The average Bonchev–Trinajstić information content (AvgIpc) is 3.01. The van der Waals surface area contributed by atoms with E-state index in [9.17, 15) is 9.59 Å². The summed E-state index contributed by atoms with van der Waals surface area (Å²) in [6.07, 6.45) is 7.36. The number of aryl methyl sites for hydroxylation is 2. The van der Waals surface area contributed by atoms with Crippen molar-refractivity contribution in [1.29, 1.82) is 0 Å². The highest BCUT2D eigenvalue weighted by Gasteiger charge is 2.32. The van der Waals surface area contributed by atoms with E-state index in [2.05, 4.69) is 18.2 Å². The van der Waals surface area contributed by atoms with E-state index < -0.39 is 0 Å². The molecule has 1 aliphatic heterocycles. The molecule has 4 rings (SSSR count). The SMILES string of the molecule is O=C(Cc1ccc2c(c1)CCC2)N1CCN(C(=O)C2CCC2)CC1. The summed E-state index contributed by atoms with van der Waals surface area (Å²) in [6.45, 7) is 2.76. The van der Waals surface area contributed by atoms with Crippen molar-refractivity contribution in [2.75, 3.05) is 26.2 Å². The fourth-order valence-electron chi connectivity index (χ4n) is 4.11. The fourth-order valence-corrected chi connectivity index (χ4v) is 4.11. The van der Waals surface area contributed by atoms with Crippen LogP contribution in [0.2, 0.25) is 0 Å². The molecule has 0 N–H and O–H groups in total. The summed E-state index contributed by atoms with van der Waals surface area (Å²) in [5.41, 5.74) is 4.01. The smallest absolute Gasteiger partial charge is 0.227 e. The first-order valence-corrected chi connectivity index (χ1v) is 9.38. The molecule has 1 aromatic rings. The van der Waals surface area contributed by atoms with Crippen molar-refractivity contribution < 1.29 is 9.59 Å². The van der Waals surface area contributed by atoms with Crippen LogP contribution in [0.4, 0.5) is 0 Å². The number of carbonyl (C=O) groups excluding carboxylic acids is 2. The molecule has 1 saturated carbocycles. The topological polar surface area (TPSA) is 40.6 Å². The lowest BCUT2D eigenvalue weighted by molar-refractivity contribution is -0.143. The molecule has 2 fully saturated rings. The zero-order valence-corrected chi connectivity index (χ0v) is 14.3. The number of rotatable bonds is 3. The average molecular weight is 326 g/mol. The largest absolute Gasteiger partial charge is 0.339 e. The van der Waals surface area contributed by atoms with Crippen LogP contribution in [0, 0.1) is 5.92 Å². The van der Waals surface area contributed by atoms with Crippen LogP contribution in [0.25, 0.3) is 0 Å². The summed E-state index contributed by atoms with van der Waals surface area (Å²) in [5, 5.41) is 0. The van der Waals surface area contributed by atoms with Crippen molar-refractivity contribution in [1.82, 2.24) is 9.80 Å². The Bertz CT molecular complexity index is 643. The minimum Gasteiger partial charge on any atom is -0.339 e. The Kier molecular flexibility index (Phi) is 4.30. The Hall–Kier alpha value is -1.84. The standard InChI is InChI=1S/C20H26N2O2/c23-19(14-15-7-8-16-3-1-6-18(16)13-15)21-9-11-22(12-10-21)20(24)17-4-2-5-17/h7-8,13,17H,1-6,9-12,14H2. The van der Waals surface area contributed by atoms with Gasteiger partial charge in [0, 0.05) is 32.1 Å². The van der Waals surface area contributed by atoms with Gasteiger partial charge in [0.05, 0.1) is 6.42 Å². The number of amides is 2. The zero-order valence-electron chi connectivity index (χ0n) is 14.3. The zero-order chi connectivity index (χ0) is 16.5. The van der Waals surface area contributed by atoms with Crippen LogP contribution < -0.4 is 0 Å². The molecule has 0 bridgehead atoms. The summed E-state index contributed by atoms with van der Waals surface area (Å²) in [4.78, 5) is 28.7. The summed E-state index contributed by atoms with van der Waals surface area (Å²) in [7, 11) is 0. The molecule has 0 atom stereocenters. The Balaban J connectivity index is 1.30. The fraction of sp³-hybridized carbons (Fsp3) is 0.600. The maximum Gasteiger partial charge on any atom is 0.227 e. The molecule has 1 aromatic carbocycles. The molecule has 3 aliphatic rings. The third-order valence-electron chi connectivity index (χ3n) is 5.92. The van der Waals surface area contributed by atoms with Crippen molar-refractivity contribution in [2.24, 2.45) is 5.92 Å². The van der Waals surface area contributed by atoms with E-state index in [1.165, 1.54) is 30.4 Å². The molecule has 1 saturated heterocycles. The van der Waals surface area contributed by atoms with Gasteiger partial charge in [0.1, 0.15) is 0 Å². The van der Waals surface area contributed by atoms with Gasteiger partial charge in [0.2, 0.25) is 11.8 Å². The van der Waals surface area contributed by atoms with Crippen molar-refractivity contribution in [2.45, 2.75) is 44.9 Å². The van der Waals surface area contributed by atoms with Gasteiger partial charge in [0.15, 0.2) is 0 Å². The lowest BCUT2D eigenvalue weighted by atomic mass is 9.84. The first-order chi connectivity index (χ1) is 11.7. The molecule has 2 amide bonds. The number of carbonyl (C=O) groups is 2. The maximum atomic E-state index is 12.6. The number of fused-ring (bicyclic) bond motifs is 1. The van der Waals surface area contributed by atoms with Gasteiger partial charge in [-0.15, -0.1) is 0 Å². The Labute approximate surface area is 143 Å². The molecule has 4 nitrogen and oxygen atoms in total. The van der Waals surface area contributed by atoms with Crippen LogP contribution >= 0.6 is 0 Å². The predicted octanol–water partition coefficient (Wildman–Crippen LogP) is 2.19. The monoisotopic (exact) mass is 326 g/mol. The van der Waals surface area contributed by atoms with Crippen LogP contribution in [0.1, 0.15) is 42.4 Å². The molecule has 1 heterocycles. The number of hydrogen-bond acceptors (Lipinski definition) is 2. The van der Waals surface area contributed by atoms with E-state index in [0.717, 1.165) is 24.8 Å². The van der Waals surface area contributed by atoms with Crippen molar-refractivity contribution in [3.8, 4) is 0 Å². The maximum absolute atomic E-state index is 12.6. The highest BCUT2D eigenvalue weighted by Crippen LogP contribution is 2.28. The van der Waals surface area contributed by atoms with Crippen LogP contribution in [0.3, 0.4) is 0 Å². The van der Waals surface area contributed by atoms with Crippen LogP contribution in [-0.4, -0.2) is 47.8 Å². The van der Waals surface area contributed by atoms with E-state index in [1.807, 2.05) is 9.80 Å². The van der Waals surface area contributed by atoms with Crippen molar-refractivity contribution in [3.05, 3.63) is 34.9 Å². The van der Waals surface area contributed by atoms with E-state index in [-0.39, 0.29) is 11.8 Å². The van der Waals surface area contributed by atoms with Gasteiger partial charge in [-0.2, -0.15) is 0 Å². The van der Waals surface area contributed by atoms with Gasteiger partial charge in [-0.25, -0.2) is 0 Å². The molecule has 24 heavy (non-hydrogen) atoms. The number of nitrogens with zero attached hydrogens (tertiary/aromatic N) is 2. The Morgan fingerprint density at radius 3 is 2.33 bits per heavy atom. The van der Waals surface area contributed by atoms with Gasteiger partial charge >= 0.3 is 0 Å². The molecule has 0 spiro atoms. The summed E-state index contributed by atoms with van der Waals surface area (Å²) in [5.74, 6) is 0.773. The number of piperazine rings is 1. The van der Waals surface area contributed by atoms with Crippen LogP contribution in [0.15, 0.2) is 18.2 Å². The number of benzene rings is 1. The van der Waals surface area contributed by atoms with E-state index >= 15 is 0 Å². The Morgan fingerprint density at radius 1 is 0.917 bits per heavy atom. The lowest BCUT2D eigenvalue weighted by Gasteiger charge is -2.38. The predicted molar refractivity (Wildman–Crippen MR) is 92.7 cm³/mol. The van der Waals surface area contributed by atoms with Gasteiger partial charge in [-0.05, 0) is 48.8 Å². The second kappa shape index (κ2) is 6.58.